The molecule has 3 nitrogen and oxygen atoms in total. The average Bonchev–Trinajstić information content (AvgIpc) is 3.24. The van der Waals surface area contributed by atoms with Crippen molar-refractivity contribution in [2.75, 3.05) is 32.7 Å². The highest BCUT2D eigenvalue weighted by Crippen LogP contribution is 2.31. The van der Waals surface area contributed by atoms with Gasteiger partial charge < -0.3 is 15.5 Å². The second-order valence-corrected chi connectivity index (χ2v) is 6.21. The highest BCUT2D eigenvalue weighted by atomic mass is 15.2. The Bertz CT molecular complexity index is 236. The van der Waals surface area contributed by atoms with E-state index in [1.807, 2.05) is 0 Å². The summed E-state index contributed by atoms with van der Waals surface area (Å²) in [5.74, 6) is 0.804. The van der Waals surface area contributed by atoms with Crippen molar-refractivity contribution in [3.8, 4) is 0 Å². The van der Waals surface area contributed by atoms with Crippen molar-refractivity contribution in [2.24, 2.45) is 11.7 Å². The van der Waals surface area contributed by atoms with Crippen LogP contribution in [0.25, 0.3) is 0 Å². The lowest BCUT2D eigenvalue weighted by Gasteiger charge is -2.41. The molecule has 17 heavy (non-hydrogen) atoms. The van der Waals surface area contributed by atoms with E-state index in [4.69, 9.17) is 5.73 Å². The van der Waals surface area contributed by atoms with E-state index in [1.54, 1.807) is 0 Å². The maximum absolute atomic E-state index is 5.76. The number of nitrogens with two attached hydrogens (primary N) is 1. The third-order valence-electron chi connectivity index (χ3n) is 5.06. The van der Waals surface area contributed by atoms with Gasteiger partial charge in [-0.05, 0) is 77.2 Å². The molecule has 0 aromatic carbocycles. The Kier molecular flexibility index (Phi) is 3.69. The van der Waals surface area contributed by atoms with Gasteiger partial charge in [0, 0.05) is 12.1 Å². The summed E-state index contributed by atoms with van der Waals surface area (Å²) in [6.07, 6.45) is 8.41. The molecule has 3 aliphatic rings. The Morgan fingerprint density at radius 1 is 0.706 bits per heavy atom. The fourth-order valence-corrected chi connectivity index (χ4v) is 3.61. The molecule has 1 saturated carbocycles. The van der Waals surface area contributed by atoms with Crippen molar-refractivity contribution in [3.63, 3.8) is 0 Å². The van der Waals surface area contributed by atoms with Crippen LogP contribution in [0.3, 0.4) is 0 Å². The first-order valence-electron chi connectivity index (χ1n) is 7.55. The van der Waals surface area contributed by atoms with Crippen LogP contribution in [0, 0.1) is 5.92 Å². The summed E-state index contributed by atoms with van der Waals surface area (Å²) in [5.41, 5.74) is 5.76. The number of piperidine rings is 2. The van der Waals surface area contributed by atoms with E-state index in [1.165, 1.54) is 64.7 Å². The highest BCUT2D eigenvalue weighted by molar-refractivity contribution is 4.90. The minimum Gasteiger partial charge on any atom is -0.330 e. The molecule has 0 radical (unpaired) electrons. The zero-order valence-corrected chi connectivity index (χ0v) is 11.0. The molecule has 3 fully saturated rings. The van der Waals surface area contributed by atoms with E-state index >= 15 is 0 Å². The Labute approximate surface area is 105 Å². The minimum absolute atomic E-state index is 0.804. The third kappa shape index (κ3) is 2.83. The van der Waals surface area contributed by atoms with Gasteiger partial charge in [0.2, 0.25) is 0 Å². The molecule has 0 spiro atoms. The molecular weight excluding hydrogens is 210 g/mol. The van der Waals surface area contributed by atoms with Crippen molar-refractivity contribution in [1.82, 2.24) is 9.80 Å². The summed E-state index contributed by atoms with van der Waals surface area (Å²) in [6, 6.07) is 1.85. The molecule has 0 amide bonds. The second kappa shape index (κ2) is 5.25. The van der Waals surface area contributed by atoms with E-state index in [0.29, 0.717) is 0 Å². The van der Waals surface area contributed by atoms with Gasteiger partial charge in [-0.25, -0.2) is 0 Å². The van der Waals surface area contributed by atoms with Gasteiger partial charge in [0.15, 0.2) is 0 Å². The van der Waals surface area contributed by atoms with Gasteiger partial charge >= 0.3 is 0 Å². The van der Waals surface area contributed by atoms with Gasteiger partial charge in [-0.2, -0.15) is 0 Å². The van der Waals surface area contributed by atoms with Crippen LogP contribution in [-0.2, 0) is 0 Å². The first-order valence-corrected chi connectivity index (χ1v) is 7.55. The average molecular weight is 237 g/mol. The lowest BCUT2D eigenvalue weighted by Crippen LogP contribution is -2.48. The topological polar surface area (TPSA) is 32.5 Å². The summed E-state index contributed by atoms with van der Waals surface area (Å²) < 4.78 is 0. The smallest absolute Gasteiger partial charge is 0.0120 e. The normalized spacial score (nSPS) is 30.9. The van der Waals surface area contributed by atoms with Gasteiger partial charge in [0.25, 0.3) is 0 Å². The molecule has 2 heterocycles. The van der Waals surface area contributed by atoms with E-state index in [2.05, 4.69) is 9.80 Å². The van der Waals surface area contributed by atoms with Crippen LogP contribution < -0.4 is 5.73 Å². The molecule has 0 aromatic heterocycles. The van der Waals surface area contributed by atoms with Crippen molar-refractivity contribution in [2.45, 2.75) is 50.6 Å². The summed E-state index contributed by atoms with van der Waals surface area (Å²) in [7, 11) is 0. The Morgan fingerprint density at radius 2 is 1.18 bits per heavy atom. The SMILES string of the molecule is NCC1CCN(C2CCN(C3CC3)CC2)CC1. The van der Waals surface area contributed by atoms with Gasteiger partial charge in [-0.15, -0.1) is 0 Å². The largest absolute Gasteiger partial charge is 0.330 e. The monoisotopic (exact) mass is 237 g/mol. The van der Waals surface area contributed by atoms with Crippen molar-refractivity contribution in [3.05, 3.63) is 0 Å². The lowest BCUT2D eigenvalue weighted by molar-refractivity contribution is 0.0763. The first-order chi connectivity index (χ1) is 8.36. The highest BCUT2D eigenvalue weighted by Gasteiger charge is 2.34. The summed E-state index contributed by atoms with van der Waals surface area (Å²) in [4.78, 5) is 5.47. The predicted molar refractivity (Wildman–Crippen MR) is 71.0 cm³/mol. The molecule has 2 N–H and O–H groups in total. The predicted octanol–water partition coefficient (Wildman–Crippen LogP) is 1.28. The maximum Gasteiger partial charge on any atom is 0.0120 e. The van der Waals surface area contributed by atoms with E-state index in [9.17, 15) is 0 Å². The van der Waals surface area contributed by atoms with Crippen molar-refractivity contribution >= 4 is 0 Å². The van der Waals surface area contributed by atoms with Crippen LogP contribution in [0.1, 0.15) is 38.5 Å². The summed E-state index contributed by atoms with van der Waals surface area (Å²) in [5, 5.41) is 0. The van der Waals surface area contributed by atoms with Crippen LogP contribution in [0.5, 0.6) is 0 Å². The standard InChI is InChI=1S/C14H27N3/c15-11-12-3-7-16(8-4-12)14-5-9-17(10-6-14)13-1-2-13/h12-14H,1-11,15H2. The van der Waals surface area contributed by atoms with Gasteiger partial charge in [0.1, 0.15) is 0 Å². The number of hydrogen-bond acceptors (Lipinski definition) is 3. The molecular formula is C14H27N3. The number of hydrogen-bond donors (Lipinski definition) is 1. The second-order valence-electron chi connectivity index (χ2n) is 6.21. The summed E-state index contributed by atoms with van der Waals surface area (Å²) >= 11 is 0. The van der Waals surface area contributed by atoms with Crippen LogP contribution in [-0.4, -0.2) is 54.6 Å². The van der Waals surface area contributed by atoms with E-state index in [0.717, 1.165) is 24.5 Å². The zero-order valence-electron chi connectivity index (χ0n) is 11.0. The van der Waals surface area contributed by atoms with E-state index in [-0.39, 0.29) is 0 Å². The molecule has 2 saturated heterocycles. The molecule has 3 rings (SSSR count). The summed E-state index contributed by atoms with van der Waals surface area (Å²) in [6.45, 7) is 6.21. The molecule has 0 bridgehead atoms. The van der Waals surface area contributed by atoms with Gasteiger partial charge in [0.05, 0.1) is 0 Å². The van der Waals surface area contributed by atoms with Crippen LogP contribution in [0.2, 0.25) is 0 Å². The first kappa shape index (κ1) is 11.9. The zero-order chi connectivity index (χ0) is 11.7. The Morgan fingerprint density at radius 3 is 1.65 bits per heavy atom. The number of likely N-dealkylation sites (tertiary alicyclic amines) is 2. The number of rotatable bonds is 3. The molecule has 0 unspecified atom stereocenters. The maximum atomic E-state index is 5.76. The Hall–Kier alpha value is -0.120. The fraction of sp³-hybridized carbons (Fsp3) is 1.00. The van der Waals surface area contributed by atoms with Crippen molar-refractivity contribution < 1.29 is 0 Å². The van der Waals surface area contributed by atoms with Crippen LogP contribution >= 0.6 is 0 Å². The lowest BCUT2D eigenvalue weighted by atomic mass is 9.93. The fourth-order valence-electron chi connectivity index (χ4n) is 3.61. The van der Waals surface area contributed by atoms with Gasteiger partial charge in [-0.3, -0.25) is 0 Å². The van der Waals surface area contributed by atoms with Crippen LogP contribution in [0.4, 0.5) is 0 Å². The quantitative estimate of drug-likeness (QED) is 0.803. The number of nitrogens with zero attached hydrogens (tertiary/aromatic N) is 2. The molecule has 3 heteroatoms. The minimum atomic E-state index is 0.804. The van der Waals surface area contributed by atoms with Crippen molar-refractivity contribution in [1.29, 1.82) is 0 Å². The van der Waals surface area contributed by atoms with Crippen LogP contribution in [0.15, 0.2) is 0 Å². The Balaban J connectivity index is 1.43. The molecule has 1 aliphatic carbocycles. The van der Waals surface area contributed by atoms with Gasteiger partial charge in [-0.1, -0.05) is 0 Å². The third-order valence-corrected chi connectivity index (χ3v) is 5.06. The molecule has 0 aromatic rings. The molecule has 2 aliphatic heterocycles. The van der Waals surface area contributed by atoms with E-state index < -0.39 is 0 Å². The molecule has 98 valence electrons. The molecule has 0 atom stereocenters.